The molecule has 156 valence electrons. The molecule has 0 aliphatic rings. The Bertz CT molecular complexity index is 1290. The molecule has 0 fully saturated rings. The SMILES string of the molecule is Nc1cccc(C#Cc2c(F)c(F)nc(F)c2F)c1C#Cc1c(F)c(F)nc(F)c1F. The van der Waals surface area contributed by atoms with E-state index < -0.39 is 58.2 Å². The van der Waals surface area contributed by atoms with E-state index in [0.29, 0.717) is 0 Å². The molecular formula is C20H5F8N3. The Morgan fingerprint density at radius 1 is 0.548 bits per heavy atom. The van der Waals surface area contributed by atoms with E-state index in [0.717, 1.165) is 0 Å². The Hall–Kier alpha value is -4.12. The van der Waals surface area contributed by atoms with E-state index in [2.05, 4.69) is 21.8 Å². The Morgan fingerprint density at radius 3 is 1.39 bits per heavy atom. The second-order valence-corrected chi connectivity index (χ2v) is 5.66. The lowest BCUT2D eigenvalue weighted by atomic mass is 10.0. The van der Waals surface area contributed by atoms with E-state index in [9.17, 15) is 35.1 Å². The van der Waals surface area contributed by atoms with Gasteiger partial charge in [-0.05, 0) is 12.1 Å². The summed E-state index contributed by atoms with van der Waals surface area (Å²) in [5, 5.41) is 0. The van der Waals surface area contributed by atoms with Crippen LogP contribution in [0.15, 0.2) is 18.2 Å². The van der Waals surface area contributed by atoms with Crippen molar-refractivity contribution >= 4 is 5.69 Å². The molecule has 11 heteroatoms. The number of anilines is 1. The summed E-state index contributed by atoms with van der Waals surface area (Å²) in [5.74, 6) is -7.10. The second kappa shape index (κ2) is 8.32. The maximum absolute atomic E-state index is 13.7. The van der Waals surface area contributed by atoms with Crippen molar-refractivity contribution in [1.82, 2.24) is 9.97 Å². The van der Waals surface area contributed by atoms with Gasteiger partial charge in [-0.25, -0.2) is 17.6 Å². The monoisotopic (exact) mass is 439 g/mol. The highest BCUT2D eigenvalue weighted by atomic mass is 19.2. The van der Waals surface area contributed by atoms with E-state index >= 15 is 0 Å². The van der Waals surface area contributed by atoms with Crippen LogP contribution in [0.1, 0.15) is 22.3 Å². The van der Waals surface area contributed by atoms with E-state index in [1.54, 1.807) is 0 Å². The van der Waals surface area contributed by atoms with E-state index in [1.807, 2.05) is 11.8 Å². The largest absolute Gasteiger partial charge is 0.398 e. The fourth-order valence-electron chi connectivity index (χ4n) is 2.26. The average molecular weight is 439 g/mol. The predicted molar refractivity (Wildman–Crippen MR) is 91.0 cm³/mol. The summed E-state index contributed by atoms with van der Waals surface area (Å²) in [6, 6.07) is 3.79. The van der Waals surface area contributed by atoms with Crippen LogP contribution in [0.4, 0.5) is 40.8 Å². The highest BCUT2D eigenvalue weighted by molar-refractivity contribution is 5.65. The predicted octanol–water partition coefficient (Wildman–Crippen LogP) is 3.97. The number of nitrogen functional groups attached to an aromatic ring is 1. The molecule has 0 bridgehead atoms. The summed E-state index contributed by atoms with van der Waals surface area (Å²) in [4.78, 5) is 4.76. The summed E-state index contributed by atoms with van der Waals surface area (Å²) in [6.07, 6.45) is 0. The maximum Gasteiger partial charge on any atom is 0.253 e. The third-order valence-electron chi connectivity index (χ3n) is 3.73. The number of hydrogen-bond donors (Lipinski definition) is 1. The molecular weight excluding hydrogens is 434 g/mol. The van der Waals surface area contributed by atoms with Gasteiger partial charge in [0.05, 0.1) is 5.56 Å². The fourth-order valence-corrected chi connectivity index (χ4v) is 2.26. The van der Waals surface area contributed by atoms with Crippen LogP contribution in [-0.2, 0) is 0 Å². The zero-order chi connectivity index (χ0) is 22.9. The molecule has 0 saturated heterocycles. The first-order valence-corrected chi connectivity index (χ1v) is 7.94. The van der Waals surface area contributed by atoms with Crippen LogP contribution in [0, 0.1) is 70.7 Å². The molecule has 0 spiro atoms. The van der Waals surface area contributed by atoms with Gasteiger partial charge in [-0.2, -0.15) is 27.5 Å². The number of hydrogen-bond acceptors (Lipinski definition) is 3. The number of aromatic nitrogens is 2. The van der Waals surface area contributed by atoms with Gasteiger partial charge in [-0.1, -0.05) is 29.7 Å². The molecule has 2 N–H and O–H groups in total. The summed E-state index contributed by atoms with van der Waals surface area (Å²) in [6.45, 7) is 0. The van der Waals surface area contributed by atoms with Gasteiger partial charge in [0.1, 0.15) is 11.1 Å². The fraction of sp³-hybridized carbons (Fsp3) is 0. The minimum Gasteiger partial charge on any atom is -0.398 e. The molecule has 0 aliphatic heterocycles. The van der Waals surface area contributed by atoms with Gasteiger partial charge in [0.15, 0.2) is 23.3 Å². The first-order valence-electron chi connectivity index (χ1n) is 7.94. The molecule has 3 aromatic rings. The lowest BCUT2D eigenvalue weighted by Crippen LogP contribution is -2.04. The quantitative estimate of drug-likeness (QED) is 0.250. The van der Waals surface area contributed by atoms with E-state index in [1.165, 1.54) is 18.2 Å². The molecule has 3 nitrogen and oxygen atoms in total. The van der Waals surface area contributed by atoms with Crippen molar-refractivity contribution in [3.8, 4) is 23.7 Å². The van der Waals surface area contributed by atoms with Crippen molar-refractivity contribution < 1.29 is 35.1 Å². The van der Waals surface area contributed by atoms with Crippen LogP contribution in [-0.4, -0.2) is 9.97 Å². The molecule has 0 atom stereocenters. The molecule has 2 aromatic heterocycles. The smallest absolute Gasteiger partial charge is 0.253 e. The van der Waals surface area contributed by atoms with Gasteiger partial charge in [0.25, 0.3) is 23.8 Å². The van der Waals surface area contributed by atoms with Gasteiger partial charge in [0.2, 0.25) is 0 Å². The highest BCUT2D eigenvalue weighted by Crippen LogP contribution is 2.20. The average Bonchev–Trinajstić information content (AvgIpc) is 2.72. The van der Waals surface area contributed by atoms with Gasteiger partial charge in [-0.3, -0.25) is 0 Å². The normalized spacial score (nSPS) is 10.2. The zero-order valence-corrected chi connectivity index (χ0v) is 14.7. The van der Waals surface area contributed by atoms with E-state index in [-0.39, 0.29) is 16.8 Å². The third-order valence-corrected chi connectivity index (χ3v) is 3.73. The van der Waals surface area contributed by atoms with Gasteiger partial charge < -0.3 is 5.73 Å². The molecule has 3 rings (SSSR count). The number of nitrogens with zero attached hydrogens (tertiary/aromatic N) is 2. The molecule has 0 aliphatic carbocycles. The van der Waals surface area contributed by atoms with E-state index in [4.69, 9.17) is 5.73 Å². The summed E-state index contributed by atoms with van der Waals surface area (Å²) in [5.41, 5.74) is 2.57. The minimum absolute atomic E-state index is 0.136. The van der Waals surface area contributed by atoms with Crippen molar-refractivity contribution in [2.75, 3.05) is 5.73 Å². The van der Waals surface area contributed by atoms with Crippen LogP contribution in [0.5, 0.6) is 0 Å². The highest BCUT2D eigenvalue weighted by Gasteiger charge is 2.20. The zero-order valence-electron chi connectivity index (χ0n) is 14.7. The Morgan fingerprint density at radius 2 is 0.935 bits per heavy atom. The molecule has 2 heterocycles. The maximum atomic E-state index is 13.7. The van der Waals surface area contributed by atoms with Crippen molar-refractivity contribution in [1.29, 1.82) is 0 Å². The topological polar surface area (TPSA) is 51.8 Å². The summed E-state index contributed by atoms with van der Waals surface area (Å²) < 4.78 is 108. The van der Waals surface area contributed by atoms with Crippen LogP contribution >= 0.6 is 0 Å². The van der Waals surface area contributed by atoms with Gasteiger partial charge >= 0.3 is 0 Å². The van der Waals surface area contributed by atoms with Crippen LogP contribution in [0.2, 0.25) is 0 Å². The molecule has 1 aromatic carbocycles. The molecule has 0 unspecified atom stereocenters. The van der Waals surface area contributed by atoms with Crippen LogP contribution < -0.4 is 5.73 Å². The standard InChI is InChI=1S/C20H5F8N3/c21-13-10(14(22)18(26)30-17(13)25)5-4-8-2-1-3-12(29)9(8)6-7-11-15(23)19(27)31-20(28)16(11)24/h1-3H,29H2. The van der Waals surface area contributed by atoms with Gasteiger partial charge in [0, 0.05) is 11.3 Å². The molecule has 0 radical (unpaired) electrons. The van der Waals surface area contributed by atoms with Crippen molar-refractivity contribution in [2.24, 2.45) is 0 Å². The van der Waals surface area contributed by atoms with Gasteiger partial charge in [-0.15, -0.1) is 0 Å². The van der Waals surface area contributed by atoms with Crippen molar-refractivity contribution in [3.63, 3.8) is 0 Å². The lowest BCUT2D eigenvalue weighted by Gasteiger charge is -2.03. The third kappa shape index (κ3) is 4.12. The molecule has 31 heavy (non-hydrogen) atoms. The molecule has 0 saturated carbocycles. The van der Waals surface area contributed by atoms with Crippen molar-refractivity contribution in [2.45, 2.75) is 0 Å². The molecule has 0 amide bonds. The number of pyridine rings is 2. The Kier molecular flexibility index (Phi) is 5.79. The summed E-state index contributed by atoms with van der Waals surface area (Å²) >= 11 is 0. The number of benzene rings is 1. The number of nitrogens with two attached hydrogens (primary N) is 1. The second-order valence-electron chi connectivity index (χ2n) is 5.66. The first kappa shape index (κ1) is 21.6. The minimum atomic E-state index is -1.93. The Labute approximate surface area is 168 Å². The lowest BCUT2D eigenvalue weighted by molar-refractivity contribution is 0.404. The summed E-state index contributed by atoms with van der Waals surface area (Å²) in [7, 11) is 0. The van der Waals surface area contributed by atoms with Crippen LogP contribution in [0.3, 0.4) is 0 Å². The number of rotatable bonds is 0. The van der Waals surface area contributed by atoms with Crippen LogP contribution in [0.25, 0.3) is 0 Å². The van der Waals surface area contributed by atoms with Crippen molar-refractivity contribution in [3.05, 3.63) is 87.5 Å². The first-order chi connectivity index (χ1) is 14.6. The Balaban J connectivity index is 2.16. The number of halogens is 8.